The van der Waals surface area contributed by atoms with Crippen molar-refractivity contribution in [1.82, 2.24) is 0 Å². The van der Waals surface area contributed by atoms with Crippen LogP contribution >= 0.6 is 11.8 Å². The van der Waals surface area contributed by atoms with Gasteiger partial charge in [-0.1, -0.05) is 18.9 Å². The van der Waals surface area contributed by atoms with E-state index in [9.17, 15) is 23.3 Å². The topological polar surface area (TPSA) is 106 Å². The maximum Gasteiger partial charge on any atom is 0.282 e. The van der Waals surface area contributed by atoms with Gasteiger partial charge in [-0.15, -0.1) is 11.8 Å². The van der Waals surface area contributed by atoms with Crippen LogP contribution in [0.15, 0.2) is 52.3 Å². The summed E-state index contributed by atoms with van der Waals surface area (Å²) in [5, 5.41) is 13.5. The average Bonchev–Trinajstić information content (AvgIpc) is 3.23. The molecular formula is C19H20N2O5S2. The number of nitro benzene ring substituents is 1. The molecule has 2 aromatic carbocycles. The van der Waals surface area contributed by atoms with Gasteiger partial charge in [0.25, 0.3) is 11.6 Å². The van der Waals surface area contributed by atoms with Crippen LogP contribution in [0.3, 0.4) is 0 Å². The standard InChI is InChI=1S/C19H20N2O5S2/c1-27-14-9-10-18(21(23)24)17(12-14)19(22)20-13-5-4-8-16(11-13)28(25,26)15-6-2-3-7-15/h4-5,8-12,15H,2-3,6-7H2,1H3,(H,20,22). The van der Waals surface area contributed by atoms with E-state index < -0.39 is 25.9 Å². The summed E-state index contributed by atoms with van der Waals surface area (Å²) < 4.78 is 25.5. The van der Waals surface area contributed by atoms with E-state index in [0.29, 0.717) is 17.7 Å². The van der Waals surface area contributed by atoms with Crippen molar-refractivity contribution in [3.05, 3.63) is 58.1 Å². The van der Waals surface area contributed by atoms with Crippen LogP contribution in [0.25, 0.3) is 0 Å². The highest BCUT2D eigenvalue weighted by Gasteiger charge is 2.30. The van der Waals surface area contributed by atoms with Gasteiger partial charge in [0.2, 0.25) is 0 Å². The van der Waals surface area contributed by atoms with Crippen molar-refractivity contribution in [2.24, 2.45) is 0 Å². The van der Waals surface area contributed by atoms with Crippen molar-refractivity contribution < 1.29 is 18.1 Å². The molecule has 148 valence electrons. The summed E-state index contributed by atoms with van der Waals surface area (Å²) in [6.45, 7) is 0. The second-order valence-electron chi connectivity index (χ2n) is 6.57. The molecule has 0 atom stereocenters. The Morgan fingerprint density at radius 2 is 1.89 bits per heavy atom. The van der Waals surface area contributed by atoms with Crippen molar-refractivity contribution in [2.75, 3.05) is 11.6 Å². The normalized spacial score (nSPS) is 14.8. The van der Waals surface area contributed by atoms with Gasteiger partial charge < -0.3 is 5.32 Å². The highest BCUT2D eigenvalue weighted by atomic mass is 32.2. The molecule has 0 aliphatic heterocycles. The number of nitrogens with zero attached hydrogens (tertiary/aromatic N) is 1. The Kier molecular flexibility index (Phi) is 6.04. The number of carbonyl (C=O) groups excluding carboxylic acids is 1. The van der Waals surface area contributed by atoms with Crippen LogP contribution < -0.4 is 5.32 Å². The fraction of sp³-hybridized carbons (Fsp3) is 0.316. The van der Waals surface area contributed by atoms with E-state index in [2.05, 4.69) is 5.32 Å². The Bertz CT molecular complexity index is 1010. The number of anilines is 1. The highest BCUT2D eigenvalue weighted by molar-refractivity contribution is 7.98. The third-order valence-electron chi connectivity index (χ3n) is 4.81. The molecule has 1 aliphatic carbocycles. The molecule has 1 aliphatic rings. The van der Waals surface area contributed by atoms with Crippen molar-refractivity contribution in [1.29, 1.82) is 0 Å². The van der Waals surface area contributed by atoms with Crippen LogP contribution in [-0.4, -0.2) is 30.8 Å². The molecule has 0 saturated heterocycles. The zero-order valence-electron chi connectivity index (χ0n) is 15.3. The fourth-order valence-electron chi connectivity index (χ4n) is 3.32. The van der Waals surface area contributed by atoms with Gasteiger partial charge in [-0.2, -0.15) is 0 Å². The Balaban J connectivity index is 1.89. The molecule has 1 amide bonds. The van der Waals surface area contributed by atoms with Crippen LogP contribution in [0.1, 0.15) is 36.0 Å². The number of hydrogen-bond donors (Lipinski definition) is 1. The van der Waals surface area contributed by atoms with Gasteiger partial charge in [-0.3, -0.25) is 14.9 Å². The minimum atomic E-state index is -3.46. The quantitative estimate of drug-likeness (QED) is 0.424. The zero-order valence-corrected chi connectivity index (χ0v) is 16.9. The molecule has 0 bridgehead atoms. The number of amides is 1. The molecule has 9 heteroatoms. The predicted molar refractivity (Wildman–Crippen MR) is 109 cm³/mol. The largest absolute Gasteiger partial charge is 0.322 e. The van der Waals surface area contributed by atoms with E-state index in [-0.39, 0.29) is 21.8 Å². The average molecular weight is 421 g/mol. The van der Waals surface area contributed by atoms with Gasteiger partial charge in [0.1, 0.15) is 5.56 Å². The monoisotopic (exact) mass is 420 g/mol. The summed E-state index contributed by atoms with van der Waals surface area (Å²) in [6, 6.07) is 10.4. The molecule has 0 radical (unpaired) electrons. The second kappa shape index (κ2) is 8.32. The number of nitrogens with one attached hydrogen (secondary N) is 1. The van der Waals surface area contributed by atoms with Crippen LogP contribution in [0.2, 0.25) is 0 Å². The molecule has 28 heavy (non-hydrogen) atoms. The number of thioether (sulfide) groups is 1. The van der Waals surface area contributed by atoms with Crippen LogP contribution in [0.4, 0.5) is 11.4 Å². The molecule has 1 saturated carbocycles. The lowest BCUT2D eigenvalue weighted by molar-refractivity contribution is -0.385. The molecule has 2 aromatic rings. The van der Waals surface area contributed by atoms with E-state index in [0.717, 1.165) is 12.8 Å². The maximum absolute atomic E-state index is 12.8. The smallest absolute Gasteiger partial charge is 0.282 e. The summed E-state index contributed by atoms with van der Waals surface area (Å²) in [7, 11) is -3.46. The van der Waals surface area contributed by atoms with E-state index in [1.165, 1.54) is 36.0 Å². The number of nitro groups is 1. The van der Waals surface area contributed by atoms with Crippen LogP contribution in [0, 0.1) is 10.1 Å². The van der Waals surface area contributed by atoms with Gasteiger partial charge >= 0.3 is 0 Å². The summed E-state index contributed by atoms with van der Waals surface area (Å²) in [5.41, 5.74) is -0.0844. The third kappa shape index (κ3) is 4.20. The number of benzene rings is 2. The molecular weight excluding hydrogens is 400 g/mol. The Labute approximate surface area is 167 Å². The predicted octanol–water partition coefficient (Wildman–Crippen LogP) is 4.29. The summed E-state index contributed by atoms with van der Waals surface area (Å²) in [4.78, 5) is 24.2. The van der Waals surface area contributed by atoms with Gasteiger partial charge in [0.15, 0.2) is 9.84 Å². The van der Waals surface area contributed by atoms with Gasteiger partial charge in [-0.25, -0.2) is 8.42 Å². The van der Waals surface area contributed by atoms with E-state index in [1.807, 2.05) is 0 Å². The zero-order chi connectivity index (χ0) is 20.3. The first-order valence-electron chi connectivity index (χ1n) is 8.80. The second-order valence-corrected chi connectivity index (χ2v) is 9.68. The molecule has 1 N–H and O–H groups in total. The Hall–Kier alpha value is -2.39. The first-order valence-corrected chi connectivity index (χ1v) is 11.6. The first kappa shape index (κ1) is 20.3. The molecule has 3 rings (SSSR count). The molecule has 7 nitrogen and oxygen atoms in total. The number of rotatable bonds is 6. The van der Waals surface area contributed by atoms with Gasteiger partial charge in [-0.05, 0) is 49.4 Å². The summed E-state index contributed by atoms with van der Waals surface area (Å²) >= 11 is 1.37. The SMILES string of the molecule is CSc1ccc([N+](=O)[O-])c(C(=O)Nc2cccc(S(=O)(=O)C3CCCC3)c2)c1. The number of sulfone groups is 1. The van der Waals surface area contributed by atoms with Crippen molar-refractivity contribution in [3.8, 4) is 0 Å². The lowest BCUT2D eigenvalue weighted by Gasteiger charge is -2.13. The van der Waals surface area contributed by atoms with Crippen molar-refractivity contribution in [3.63, 3.8) is 0 Å². The van der Waals surface area contributed by atoms with E-state index in [1.54, 1.807) is 24.5 Å². The lowest BCUT2D eigenvalue weighted by atomic mass is 10.1. The van der Waals surface area contributed by atoms with Gasteiger partial charge in [0, 0.05) is 16.6 Å². The van der Waals surface area contributed by atoms with Crippen molar-refractivity contribution in [2.45, 2.75) is 40.7 Å². The van der Waals surface area contributed by atoms with Crippen LogP contribution in [-0.2, 0) is 9.84 Å². The third-order valence-corrected chi connectivity index (χ3v) is 7.79. The fourth-order valence-corrected chi connectivity index (χ4v) is 5.66. The molecule has 0 unspecified atom stereocenters. The number of carbonyl (C=O) groups is 1. The molecule has 1 fully saturated rings. The lowest BCUT2D eigenvalue weighted by Crippen LogP contribution is -2.18. The molecule has 0 aromatic heterocycles. The van der Waals surface area contributed by atoms with Crippen molar-refractivity contribution >= 4 is 38.9 Å². The Morgan fingerprint density at radius 3 is 2.54 bits per heavy atom. The number of hydrogen-bond acceptors (Lipinski definition) is 6. The maximum atomic E-state index is 12.8. The summed E-state index contributed by atoms with van der Waals surface area (Å²) in [6.07, 6.45) is 4.89. The van der Waals surface area contributed by atoms with Gasteiger partial charge in [0.05, 0.1) is 15.1 Å². The molecule has 0 heterocycles. The summed E-state index contributed by atoms with van der Waals surface area (Å²) in [5.74, 6) is -0.655. The minimum absolute atomic E-state index is 0.0686. The molecule has 0 spiro atoms. The highest BCUT2D eigenvalue weighted by Crippen LogP contribution is 2.31. The first-order chi connectivity index (χ1) is 13.3. The van der Waals surface area contributed by atoms with E-state index in [4.69, 9.17) is 0 Å². The minimum Gasteiger partial charge on any atom is -0.322 e. The van der Waals surface area contributed by atoms with E-state index >= 15 is 0 Å². The van der Waals surface area contributed by atoms with Crippen LogP contribution in [0.5, 0.6) is 0 Å². The Morgan fingerprint density at radius 1 is 1.18 bits per heavy atom.